The van der Waals surface area contributed by atoms with E-state index in [4.69, 9.17) is 0 Å². The van der Waals surface area contributed by atoms with Crippen molar-refractivity contribution in [2.24, 2.45) is 0 Å². The summed E-state index contributed by atoms with van der Waals surface area (Å²) in [5.74, 6) is -2.03. The molecule has 0 unspecified atom stereocenters. The van der Waals surface area contributed by atoms with Crippen LogP contribution >= 0.6 is 0 Å². The summed E-state index contributed by atoms with van der Waals surface area (Å²) in [5, 5.41) is 1.96. The number of ether oxygens (including phenoxy) is 1. The van der Waals surface area contributed by atoms with Crippen molar-refractivity contribution in [2.45, 2.75) is 20.0 Å². The molecule has 1 N–H and O–H groups in total. The van der Waals surface area contributed by atoms with Crippen molar-refractivity contribution in [1.29, 1.82) is 0 Å². The van der Waals surface area contributed by atoms with Crippen molar-refractivity contribution in [3.05, 3.63) is 11.8 Å². The van der Waals surface area contributed by atoms with Crippen LogP contribution in [0.2, 0.25) is 0 Å². The molecule has 7 heteroatoms. The van der Waals surface area contributed by atoms with Gasteiger partial charge in [-0.25, -0.2) is 4.79 Å². The molecule has 0 atom stereocenters. The molecule has 0 aliphatic heterocycles. The lowest BCUT2D eigenvalue weighted by Gasteiger charge is -2.05. The van der Waals surface area contributed by atoms with Crippen LogP contribution < -0.4 is 5.32 Å². The molecular weight excluding hydrogens is 215 g/mol. The van der Waals surface area contributed by atoms with Crippen molar-refractivity contribution in [3.63, 3.8) is 0 Å². The number of allylic oxidation sites excluding steroid dienone is 2. The maximum Gasteiger partial charge on any atom is 0.454 e. The first-order chi connectivity index (χ1) is 6.77. The lowest BCUT2D eigenvalue weighted by Crippen LogP contribution is -2.26. The number of rotatable bonds is 3. The van der Waals surface area contributed by atoms with Crippen LogP contribution in [-0.2, 0) is 9.53 Å². The quantitative estimate of drug-likeness (QED) is 0.744. The summed E-state index contributed by atoms with van der Waals surface area (Å²) in [4.78, 5) is 21.1. The Bertz CT molecular complexity index is 283. The maximum atomic E-state index is 11.8. The third-order valence-electron chi connectivity index (χ3n) is 1.20. The molecule has 15 heavy (non-hydrogen) atoms. The highest BCUT2D eigenvalue weighted by Gasteiger charge is 2.36. The summed E-state index contributed by atoms with van der Waals surface area (Å²) in [7, 11) is 0. The average molecular weight is 225 g/mol. The van der Waals surface area contributed by atoms with E-state index in [9.17, 15) is 22.8 Å². The van der Waals surface area contributed by atoms with Gasteiger partial charge >= 0.3 is 12.3 Å². The van der Waals surface area contributed by atoms with E-state index in [-0.39, 0.29) is 18.4 Å². The molecule has 0 fully saturated rings. The average Bonchev–Trinajstić information content (AvgIpc) is 2.01. The number of nitrogens with one attached hydrogen (secondary N) is 1. The first-order valence-corrected chi connectivity index (χ1v) is 4.00. The third-order valence-corrected chi connectivity index (χ3v) is 1.20. The summed E-state index contributed by atoms with van der Waals surface area (Å²) in [5.41, 5.74) is -0.226. The Morgan fingerprint density at radius 2 is 1.93 bits per heavy atom. The van der Waals surface area contributed by atoms with Crippen molar-refractivity contribution in [3.8, 4) is 0 Å². The van der Waals surface area contributed by atoms with Crippen LogP contribution in [0.1, 0.15) is 13.8 Å². The summed E-state index contributed by atoms with van der Waals surface area (Å²) < 4.78 is 39.7. The molecule has 1 amide bonds. The second kappa shape index (κ2) is 5.38. The Morgan fingerprint density at radius 3 is 2.33 bits per heavy atom. The fourth-order valence-electron chi connectivity index (χ4n) is 0.643. The molecule has 0 aliphatic carbocycles. The van der Waals surface area contributed by atoms with Gasteiger partial charge in [0, 0.05) is 11.8 Å². The van der Waals surface area contributed by atoms with E-state index in [1.807, 2.05) is 5.32 Å². The Morgan fingerprint density at radius 1 is 1.40 bits per heavy atom. The van der Waals surface area contributed by atoms with E-state index in [2.05, 4.69) is 4.74 Å². The molecule has 0 aromatic heterocycles. The van der Waals surface area contributed by atoms with Gasteiger partial charge in [0.05, 0.1) is 6.61 Å². The van der Waals surface area contributed by atoms with Crippen molar-refractivity contribution < 1.29 is 27.5 Å². The van der Waals surface area contributed by atoms with Crippen LogP contribution in [0.15, 0.2) is 11.8 Å². The Labute approximate surface area is 84.1 Å². The van der Waals surface area contributed by atoms with Gasteiger partial charge in [-0.1, -0.05) is 0 Å². The smallest absolute Gasteiger partial charge is 0.450 e. The highest BCUT2D eigenvalue weighted by atomic mass is 19.4. The molecule has 0 saturated heterocycles. The monoisotopic (exact) mass is 225 g/mol. The van der Waals surface area contributed by atoms with Gasteiger partial charge in [0.2, 0.25) is 0 Å². The molecule has 0 saturated carbocycles. The van der Waals surface area contributed by atoms with Crippen molar-refractivity contribution in [1.82, 2.24) is 5.32 Å². The molecule has 0 radical (unpaired) electrons. The molecular formula is C8H10F3NO3. The minimum absolute atomic E-state index is 0.0896. The summed E-state index contributed by atoms with van der Waals surface area (Å²) in [6, 6.07) is 0. The predicted molar refractivity (Wildman–Crippen MR) is 45.0 cm³/mol. The number of alkyl halides is 3. The number of hydrogen-bond acceptors (Lipinski definition) is 3. The largest absolute Gasteiger partial charge is 0.454 e. The lowest BCUT2D eigenvalue weighted by atomic mass is 10.3. The molecule has 0 rings (SSSR count). The zero-order chi connectivity index (χ0) is 12.1. The van der Waals surface area contributed by atoms with E-state index in [0.717, 1.165) is 6.92 Å². The van der Waals surface area contributed by atoms with E-state index >= 15 is 0 Å². The molecule has 4 nitrogen and oxygen atoms in total. The maximum absolute atomic E-state index is 11.8. The fraction of sp³-hybridized carbons (Fsp3) is 0.500. The molecule has 0 aromatic rings. The minimum Gasteiger partial charge on any atom is -0.450 e. The Balaban J connectivity index is 4.33. The third kappa shape index (κ3) is 5.71. The normalized spacial score (nSPS) is 12.2. The van der Waals surface area contributed by atoms with Crippen molar-refractivity contribution in [2.75, 3.05) is 6.61 Å². The standard InChI is InChI=1S/C8H10F3NO3/c1-3-15-7(14)12-5(2)4-6(13)8(9,10)11/h4H,3H2,1-2H3,(H,12,14)/b5-4-. The molecule has 0 heterocycles. The number of halogens is 3. The fourth-order valence-corrected chi connectivity index (χ4v) is 0.643. The number of carbonyl (C=O) groups excluding carboxylic acids is 2. The number of hydrogen-bond donors (Lipinski definition) is 1. The number of amides is 1. The van der Waals surface area contributed by atoms with E-state index in [1.165, 1.54) is 0 Å². The molecule has 0 bridgehead atoms. The summed E-state index contributed by atoms with van der Waals surface area (Å²) >= 11 is 0. The van der Waals surface area contributed by atoms with Gasteiger partial charge in [-0.2, -0.15) is 13.2 Å². The van der Waals surface area contributed by atoms with Crippen LogP contribution in [-0.4, -0.2) is 24.7 Å². The number of carbonyl (C=O) groups is 2. The van der Waals surface area contributed by atoms with Gasteiger partial charge in [0.25, 0.3) is 5.78 Å². The Kier molecular flexibility index (Phi) is 4.83. The first-order valence-electron chi connectivity index (χ1n) is 4.00. The predicted octanol–water partition coefficient (Wildman–Crippen LogP) is 1.77. The van der Waals surface area contributed by atoms with Crippen LogP contribution in [0.5, 0.6) is 0 Å². The van der Waals surface area contributed by atoms with Gasteiger partial charge in [0.1, 0.15) is 0 Å². The highest BCUT2D eigenvalue weighted by Crippen LogP contribution is 2.16. The van der Waals surface area contributed by atoms with Gasteiger partial charge in [-0.05, 0) is 13.8 Å². The number of ketones is 1. The SMILES string of the molecule is CCOC(=O)N/C(C)=C\C(=O)C(F)(F)F. The molecule has 0 aromatic carbocycles. The van der Waals surface area contributed by atoms with Gasteiger partial charge < -0.3 is 4.74 Å². The first kappa shape index (κ1) is 13.5. The van der Waals surface area contributed by atoms with Crippen LogP contribution in [0.25, 0.3) is 0 Å². The lowest BCUT2D eigenvalue weighted by molar-refractivity contribution is -0.165. The second-order valence-corrected chi connectivity index (χ2v) is 2.53. The van der Waals surface area contributed by atoms with Crippen LogP contribution in [0.3, 0.4) is 0 Å². The van der Waals surface area contributed by atoms with Crippen molar-refractivity contribution >= 4 is 11.9 Å². The van der Waals surface area contributed by atoms with Crippen LogP contribution in [0.4, 0.5) is 18.0 Å². The molecule has 86 valence electrons. The highest BCUT2D eigenvalue weighted by molar-refractivity contribution is 5.95. The Hall–Kier alpha value is -1.53. The molecule has 0 spiro atoms. The van der Waals surface area contributed by atoms with E-state index in [0.29, 0.717) is 0 Å². The topological polar surface area (TPSA) is 55.4 Å². The zero-order valence-corrected chi connectivity index (χ0v) is 8.14. The zero-order valence-electron chi connectivity index (χ0n) is 8.14. The van der Waals surface area contributed by atoms with Gasteiger partial charge in [-0.15, -0.1) is 0 Å². The second-order valence-electron chi connectivity index (χ2n) is 2.53. The summed E-state index contributed by atoms with van der Waals surface area (Å²) in [6.45, 7) is 2.78. The minimum atomic E-state index is -4.93. The van der Waals surface area contributed by atoms with Crippen LogP contribution in [0, 0.1) is 0 Å². The number of alkyl carbamates (subject to hydrolysis) is 1. The van der Waals surface area contributed by atoms with Gasteiger partial charge in [-0.3, -0.25) is 10.1 Å². The van der Waals surface area contributed by atoms with E-state index < -0.39 is 18.1 Å². The van der Waals surface area contributed by atoms with Gasteiger partial charge in [0.15, 0.2) is 0 Å². The van der Waals surface area contributed by atoms with E-state index in [1.54, 1.807) is 6.92 Å². The summed E-state index contributed by atoms with van der Waals surface area (Å²) in [6.07, 6.45) is -5.55. The molecule has 0 aliphatic rings.